The third-order valence-electron chi connectivity index (χ3n) is 2.48. The van der Waals surface area contributed by atoms with Crippen molar-refractivity contribution in [3.8, 4) is 0 Å². The first kappa shape index (κ1) is 11.1. The van der Waals surface area contributed by atoms with E-state index in [0.717, 1.165) is 9.13 Å². The van der Waals surface area contributed by atoms with Crippen molar-refractivity contribution < 1.29 is 9.32 Å². The van der Waals surface area contributed by atoms with E-state index in [4.69, 9.17) is 10.3 Å². The highest BCUT2D eigenvalue weighted by Gasteiger charge is 2.18. The minimum absolute atomic E-state index is 0.0364. The number of nitrogens with two attached hydrogens (primary N) is 1. The highest BCUT2D eigenvalue weighted by molar-refractivity contribution is 5.83. The molecule has 1 amide bonds. The SMILES string of the molecule is Cn1c(=O)c2c(CC(N)=O)noc2n(C)c1=O. The summed E-state index contributed by atoms with van der Waals surface area (Å²) in [7, 11) is 2.79. The van der Waals surface area contributed by atoms with Crippen LogP contribution in [0.4, 0.5) is 0 Å². The summed E-state index contributed by atoms with van der Waals surface area (Å²) in [4.78, 5) is 34.3. The van der Waals surface area contributed by atoms with Crippen LogP contribution in [0.1, 0.15) is 5.69 Å². The molecule has 0 saturated heterocycles. The fourth-order valence-electron chi connectivity index (χ4n) is 1.61. The summed E-state index contributed by atoms with van der Waals surface area (Å²) in [6.07, 6.45) is -0.208. The molecule has 8 heteroatoms. The lowest BCUT2D eigenvalue weighted by atomic mass is 10.2. The highest BCUT2D eigenvalue weighted by Crippen LogP contribution is 2.12. The molecule has 0 aliphatic carbocycles. The Labute approximate surface area is 94.2 Å². The summed E-state index contributed by atoms with van der Waals surface area (Å²) in [5, 5.41) is 3.70. The van der Waals surface area contributed by atoms with E-state index in [-0.39, 0.29) is 23.2 Å². The fourth-order valence-corrected chi connectivity index (χ4v) is 1.61. The quantitative estimate of drug-likeness (QED) is 0.666. The second-order valence-electron chi connectivity index (χ2n) is 3.66. The van der Waals surface area contributed by atoms with Gasteiger partial charge in [0.1, 0.15) is 11.1 Å². The summed E-state index contributed by atoms with van der Waals surface area (Å²) in [6.45, 7) is 0. The minimum Gasteiger partial charge on any atom is -0.369 e. The number of hydrogen-bond donors (Lipinski definition) is 1. The lowest BCUT2D eigenvalue weighted by Gasteiger charge is -2.01. The predicted molar refractivity (Wildman–Crippen MR) is 57.4 cm³/mol. The molecule has 2 N–H and O–H groups in total. The Morgan fingerprint density at radius 2 is 2.00 bits per heavy atom. The molecule has 0 aliphatic rings. The molecule has 0 fully saturated rings. The Kier molecular flexibility index (Phi) is 2.34. The molecule has 90 valence electrons. The number of nitrogens with zero attached hydrogens (tertiary/aromatic N) is 3. The summed E-state index contributed by atoms with van der Waals surface area (Å²) in [5.74, 6) is -0.629. The zero-order chi connectivity index (χ0) is 12.7. The number of rotatable bonds is 2. The number of aryl methyl sites for hydroxylation is 1. The molecular weight excluding hydrogens is 228 g/mol. The normalized spacial score (nSPS) is 10.9. The standard InChI is InChI=1S/C9H10N4O4/c1-12-7(15)6-4(3-5(10)14)11-17-8(6)13(2)9(12)16/h3H2,1-2H3,(H2,10,14). The maximum absolute atomic E-state index is 11.9. The molecule has 0 unspecified atom stereocenters. The first-order valence-corrected chi connectivity index (χ1v) is 4.76. The van der Waals surface area contributed by atoms with Gasteiger partial charge in [-0.3, -0.25) is 18.7 Å². The molecule has 0 radical (unpaired) electrons. The maximum atomic E-state index is 11.9. The van der Waals surface area contributed by atoms with Crippen molar-refractivity contribution in [1.29, 1.82) is 0 Å². The van der Waals surface area contributed by atoms with Crippen molar-refractivity contribution in [3.63, 3.8) is 0 Å². The lowest BCUT2D eigenvalue weighted by molar-refractivity contribution is -0.117. The van der Waals surface area contributed by atoms with Crippen molar-refractivity contribution in [2.45, 2.75) is 6.42 Å². The van der Waals surface area contributed by atoms with Gasteiger partial charge < -0.3 is 10.3 Å². The van der Waals surface area contributed by atoms with Crippen LogP contribution < -0.4 is 17.0 Å². The summed E-state index contributed by atoms with van der Waals surface area (Å²) in [5.41, 5.74) is 4.13. The minimum atomic E-state index is -0.629. The van der Waals surface area contributed by atoms with E-state index in [9.17, 15) is 14.4 Å². The van der Waals surface area contributed by atoms with Gasteiger partial charge in [0.15, 0.2) is 0 Å². The smallest absolute Gasteiger partial charge is 0.333 e. The van der Waals surface area contributed by atoms with E-state index in [0.29, 0.717) is 0 Å². The van der Waals surface area contributed by atoms with E-state index in [1.165, 1.54) is 14.1 Å². The molecule has 0 aliphatic heterocycles. The number of carbonyl (C=O) groups is 1. The number of aromatic nitrogens is 3. The topological polar surface area (TPSA) is 113 Å². The average Bonchev–Trinajstić information content (AvgIpc) is 2.66. The van der Waals surface area contributed by atoms with Gasteiger partial charge in [-0.2, -0.15) is 0 Å². The molecule has 17 heavy (non-hydrogen) atoms. The van der Waals surface area contributed by atoms with Crippen LogP contribution in [0, 0.1) is 0 Å². The van der Waals surface area contributed by atoms with Gasteiger partial charge >= 0.3 is 5.69 Å². The van der Waals surface area contributed by atoms with Crippen molar-refractivity contribution in [3.05, 3.63) is 26.5 Å². The van der Waals surface area contributed by atoms with Gasteiger partial charge in [0.25, 0.3) is 5.56 Å². The van der Waals surface area contributed by atoms with Gasteiger partial charge in [0.2, 0.25) is 11.6 Å². The highest BCUT2D eigenvalue weighted by atomic mass is 16.5. The Bertz CT molecular complexity index is 721. The molecule has 2 aromatic rings. The molecule has 0 bridgehead atoms. The van der Waals surface area contributed by atoms with Crippen molar-refractivity contribution in [2.24, 2.45) is 19.8 Å². The third kappa shape index (κ3) is 1.53. The van der Waals surface area contributed by atoms with Crippen LogP contribution in [0.15, 0.2) is 14.1 Å². The summed E-state index contributed by atoms with van der Waals surface area (Å²) in [6, 6.07) is 0. The van der Waals surface area contributed by atoms with Gasteiger partial charge in [0, 0.05) is 14.1 Å². The van der Waals surface area contributed by atoms with E-state index in [1.807, 2.05) is 0 Å². The van der Waals surface area contributed by atoms with E-state index < -0.39 is 17.2 Å². The van der Waals surface area contributed by atoms with E-state index in [1.54, 1.807) is 0 Å². The number of primary amides is 1. The van der Waals surface area contributed by atoms with Crippen molar-refractivity contribution >= 4 is 17.0 Å². The van der Waals surface area contributed by atoms with Crippen molar-refractivity contribution in [2.75, 3.05) is 0 Å². The lowest BCUT2D eigenvalue weighted by Crippen LogP contribution is -2.36. The Balaban J connectivity index is 2.90. The van der Waals surface area contributed by atoms with E-state index in [2.05, 4.69) is 5.16 Å². The number of fused-ring (bicyclic) bond motifs is 1. The van der Waals surface area contributed by atoms with Crippen LogP contribution >= 0.6 is 0 Å². The van der Waals surface area contributed by atoms with Crippen molar-refractivity contribution in [1.82, 2.24) is 14.3 Å². The molecular formula is C9H10N4O4. The second kappa shape index (κ2) is 3.58. The zero-order valence-corrected chi connectivity index (χ0v) is 9.26. The number of hydrogen-bond acceptors (Lipinski definition) is 5. The third-order valence-corrected chi connectivity index (χ3v) is 2.48. The van der Waals surface area contributed by atoms with Crippen LogP contribution in [0.3, 0.4) is 0 Å². The largest absolute Gasteiger partial charge is 0.369 e. The molecule has 0 aromatic carbocycles. The molecule has 8 nitrogen and oxygen atoms in total. The summed E-state index contributed by atoms with van der Waals surface area (Å²) >= 11 is 0. The molecule has 0 atom stereocenters. The van der Waals surface area contributed by atoms with Crippen LogP contribution in [-0.2, 0) is 25.3 Å². The molecule has 2 rings (SSSR count). The predicted octanol–water partition coefficient (Wildman–Crippen LogP) is -1.75. The van der Waals surface area contributed by atoms with Crippen LogP contribution in [-0.4, -0.2) is 20.2 Å². The average molecular weight is 238 g/mol. The van der Waals surface area contributed by atoms with Gasteiger partial charge in [-0.1, -0.05) is 5.16 Å². The Morgan fingerprint density at radius 1 is 1.35 bits per heavy atom. The number of amides is 1. The van der Waals surface area contributed by atoms with Crippen LogP contribution in [0.5, 0.6) is 0 Å². The van der Waals surface area contributed by atoms with Gasteiger partial charge in [-0.25, -0.2) is 4.79 Å². The maximum Gasteiger partial charge on any atom is 0.333 e. The molecule has 0 saturated carbocycles. The zero-order valence-electron chi connectivity index (χ0n) is 9.26. The summed E-state index contributed by atoms with van der Waals surface area (Å²) < 4.78 is 6.96. The first-order valence-electron chi connectivity index (χ1n) is 4.76. The fraction of sp³-hybridized carbons (Fsp3) is 0.333. The molecule has 2 heterocycles. The Morgan fingerprint density at radius 3 is 2.59 bits per heavy atom. The molecule has 0 spiro atoms. The van der Waals surface area contributed by atoms with Crippen LogP contribution in [0.25, 0.3) is 11.1 Å². The van der Waals surface area contributed by atoms with Gasteiger partial charge in [0.05, 0.1) is 6.42 Å². The number of carbonyl (C=O) groups excluding carboxylic acids is 1. The monoisotopic (exact) mass is 238 g/mol. The van der Waals surface area contributed by atoms with Gasteiger partial charge in [-0.15, -0.1) is 0 Å². The first-order chi connectivity index (χ1) is 7.93. The van der Waals surface area contributed by atoms with Gasteiger partial charge in [-0.05, 0) is 0 Å². The second-order valence-corrected chi connectivity index (χ2v) is 3.66. The molecule has 2 aromatic heterocycles. The Hall–Kier alpha value is -2.38. The van der Waals surface area contributed by atoms with E-state index >= 15 is 0 Å². The van der Waals surface area contributed by atoms with Crippen LogP contribution in [0.2, 0.25) is 0 Å².